The van der Waals surface area contributed by atoms with Gasteiger partial charge in [0.2, 0.25) is 0 Å². The van der Waals surface area contributed by atoms with Crippen LogP contribution in [-0.4, -0.2) is 17.7 Å². The summed E-state index contributed by atoms with van der Waals surface area (Å²) in [5.74, 6) is 0.206. The molecule has 0 spiro atoms. The number of benzene rings is 2. The molecule has 1 unspecified atom stereocenters. The van der Waals surface area contributed by atoms with E-state index < -0.39 is 12.1 Å². The predicted octanol–water partition coefficient (Wildman–Crippen LogP) is 4.01. The summed E-state index contributed by atoms with van der Waals surface area (Å²) in [5.41, 5.74) is 1.66. The van der Waals surface area contributed by atoms with E-state index in [9.17, 15) is 9.90 Å². The van der Waals surface area contributed by atoms with E-state index in [0.29, 0.717) is 24.5 Å². The zero-order valence-electron chi connectivity index (χ0n) is 12.9. The molecular weight excluding hydrogens is 360 g/mol. The van der Waals surface area contributed by atoms with Gasteiger partial charge in [0, 0.05) is 4.47 Å². The van der Waals surface area contributed by atoms with Crippen molar-refractivity contribution in [2.45, 2.75) is 26.1 Å². The van der Waals surface area contributed by atoms with Crippen molar-refractivity contribution in [1.82, 2.24) is 0 Å². The Kier molecular flexibility index (Phi) is 6.62. The summed E-state index contributed by atoms with van der Waals surface area (Å²) in [4.78, 5) is 11.5. The molecule has 23 heavy (non-hydrogen) atoms. The third-order valence-electron chi connectivity index (χ3n) is 3.24. The van der Waals surface area contributed by atoms with Crippen LogP contribution in [0.4, 0.5) is 0 Å². The van der Waals surface area contributed by atoms with Crippen LogP contribution in [0.25, 0.3) is 0 Å². The first kappa shape index (κ1) is 17.5. The van der Waals surface area contributed by atoms with E-state index in [1.54, 1.807) is 19.1 Å². The van der Waals surface area contributed by atoms with E-state index >= 15 is 0 Å². The SMILES string of the molecule is CCOC(=O)CC(O)c1cc(OCc2ccccc2)ccc1Br. The third-order valence-corrected chi connectivity index (χ3v) is 3.96. The Morgan fingerprint density at radius 2 is 1.96 bits per heavy atom. The summed E-state index contributed by atoms with van der Waals surface area (Å²) in [6, 6.07) is 15.2. The van der Waals surface area contributed by atoms with Crippen molar-refractivity contribution in [2.24, 2.45) is 0 Å². The van der Waals surface area contributed by atoms with Gasteiger partial charge >= 0.3 is 5.97 Å². The molecule has 0 radical (unpaired) electrons. The number of halogens is 1. The largest absolute Gasteiger partial charge is 0.489 e. The Labute approximate surface area is 144 Å². The summed E-state index contributed by atoms with van der Waals surface area (Å²) in [5, 5.41) is 10.2. The zero-order valence-corrected chi connectivity index (χ0v) is 14.5. The van der Waals surface area contributed by atoms with Crippen LogP contribution in [0.5, 0.6) is 5.75 Å². The van der Waals surface area contributed by atoms with Gasteiger partial charge in [-0.15, -0.1) is 0 Å². The molecule has 0 amide bonds. The standard InChI is InChI=1S/C18H19BrO4/c1-2-22-18(21)11-17(20)15-10-14(8-9-16(15)19)23-12-13-6-4-3-5-7-13/h3-10,17,20H,2,11-12H2,1H3. The van der Waals surface area contributed by atoms with E-state index in [1.807, 2.05) is 36.4 Å². The summed E-state index contributed by atoms with van der Waals surface area (Å²) < 4.78 is 11.3. The number of aliphatic hydroxyl groups is 1. The maximum atomic E-state index is 11.5. The molecule has 122 valence electrons. The van der Waals surface area contributed by atoms with Gasteiger partial charge < -0.3 is 14.6 Å². The molecule has 0 fully saturated rings. The fourth-order valence-electron chi connectivity index (χ4n) is 2.10. The Bertz CT molecular complexity index is 643. The number of rotatable bonds is 7. The number of carbonyl (C=O) groups is 1. The highest BCUT2D eigenvalue weighted by molar-refractivity contribution is 9.10. The van der Waals surface area contributed by atoms with Crippen molar-refractivity contribution >= 4 is 21.9 Å². The van der Waals surface area contributed by atoms with E-state index in [1.165, 1.54) is 0 Å². The molecule has 0 aromatic heterocycles. The third kappa shape index (κ3) is 5.37. The Morgan fingerprint density at radius 3 is 2.65 bits per heavy atom. The lowest BCUT2D eigenvalue weighted by molar-refractivity contribution is -0.145. The molecule has 1 N–H and O–H groups in total. The first-order valence-electron chi connectivity index (χ1n) is 7.40. The van der Waals surface area contributed by atoms with Crippen LogP contribution in [0.3, 0.4) is 0 Å². The summed E-state index contributed by atoms with van der Waals surface area (Å²) in [7, 11) is 0. The van der Waals surface area contributed by atoms with Gasteiger partial charge in [-0.2, -0.15) is 0 Å². The normalized spacial score (nSPS) is 11.8. The summed E-state index contributed by atoms with van der Waals surface area (Å²) in [6.45, 7) is 2.47. The second-order valence-electron chi connectivity index (χ2n) is 4.98. The van der Waals surface area contributed by atoms with Crippen LogP contribution in [0.1, 0.15) is 30.6 Å². The maximum absolute atomic E-state index is 11.5. The molecule has 5 heteroatoms. The molecule has 0 aliphatic heterocycles. The predicted molar refractivity (Wildman–Crippen MR) is 91.1 cm³/mol. The molecular formula is C18H19BrO4. The van der Waals surface area contributed by atoms with Gasteiger partial charge in [-0.05, 0) is 36.2 Å². The van der Waals surface area contributed by atoms with Gasteiger partial charge in [-0.1, -0.05) is 46.3 Å². The molecule has 1 atom stereocenters. The highest BCUT2D eigenvalue weighted by atomic mass is 79.9. The number of hydrogen-bond acceptors (Lipinski definition) is 4. The van der Waals surface area contributed by atoms with E-state index in [4.69, 9.17) is 9.47 Å². The smallest absolute Gasteiger partial charge is 0.308 e. The Hall–Kier alpha value is -1.85. The molecule has 0 heterocycles. The summed E-state index contributed by atoms with van der Waals surface area (Å²) in [6.07, 6.45) is -1.03. The van der Waals surface area contributed by atoms with Crippen LogP contribution in [0.2, 0.25) is 0 Å². The van der Waals surface area contributed by atoms with Crippen molar-refractivity contribution in [3.05, 3.63) is 64.1 Å². The molecule has 2 aromatic carbocycles. The highest BCUT2D eigenvalue weighted by Gasteiger charge is 2.17. The van der Waals surface area contributed by atoms with Crippen molar-refractivity contribution in [3.8, 4) is 5.75 Å². The van der Waals surface area contributed by atoms with Crippen LogP contribution < -0.4 is 4.74 Å². The quantitative estimate of drug-likeness (QED) is 0.739. The number of carbonyl (C=O) groups excluding carboxylic acids is 1. The maximum Gasteiger partial charge on any atom is 0.308 e. The van der Waals surface area contributed by atoms with Crippen molar-refractivity contribution < 1.29 is 19.4 Å². The van der Waals surface area contributed by atoms with Gasteiger partial charge in [-0.25, -0.2) is 0 Å². The van der Waals surface area contributed by atoms with Crippen LogP contribution in [0.15, 0.2) is 53.0 Å². The topological polar surface area (TPSA) is 55.8 Å². The molecule has 2 rings (SSSR count). The van der Waals surface area contributed by atoms with Crippen molar-refractivity contribution in [2.75, 3.05) is 6.61 Å². The van der Waals surface area contributed by atoms with Gasteiger partial charge in [0.05, 0.1) is 19.1 Å². The number of aliphatic hydroxyl groups excluding tert-OH is 1. The average Bonchev–Trinajstić information content (AvgIpc) is 2.55. The minimum absolute atomic E-state index is 0.0887. The van der Waals surface area contributed by atoms with E-state index in [2.05, 4.69) is 15.9 Å². The van der Waals surface area contributed by atoms with E-state index in [0.717, 1.165) is 10.0 Å². The lowest BCUT2D eigenvalue weighted by atomic mass is 10.1. The molecule has 4 nitrogen and oxygen atoms in total. The molecule has 0 saturated carbocycles. The van der Waals surface area contributed by atoms with Crippen LogP contribution in [-0.2, 0) is 16.1 Å². The van der Waals surface area contributed by atoms with Crippen molar-refractivity contribution in [3.63, 3.8) is 0 Å². The molecule has 2 aromatic rings. The minimum atomic E-state index is -0.941. The van der Waals surface area contributed by atoms with E-state index in [-0.39, 0.29) is 6.42 Å². The van der Waals surface area contributed by atoms with Crippen LogP contribution in [0, 0.1) is 0 Å². The van der Waals surface area contributed by atoms with Crippen molar-refractivity contribution in [1.29, 1.82) is 0 Å². The summed E-state index contributed by atoms with van der Waals surface area (Å²) >= 11 is 3.39. The first-order valence-corrected chi connectivity index (χ1v) is 8.19. The zero-order chi connectivity index (χ0) is 16.7. The number of hydrogen-bond donors (Lipinski definition) is 1. The lowest BCUT2D eigenvalue weighted by Crippen LogP contribution is -2.10. The highest BCUT2D eigenvalue weighted by Crippen LogP contribution is 2.30. The number of ether oxygens (including phenoxy) is 2. The second kappa shape index (κ2) is 8.70. The van der Waals surface area contributed by atoms with Gasteiger partial charge in [0.1, 0.15) is 12.4 Å². The molecule has 0 aliphatic rings. The van der Waals surface area contributed by atoms with Gasteiger partial charge in [0.15, 0.2) is 0 Å². The number of esters is 1. The molecule has 0 aliphatic carbocycles. The minimum Gasteiger partial charge on any atom is -0.489 e. The second-order valence-corrected chi connectivity index (χ2v) is 5.84. The fourth-order valence-corrected chi connectivity index (χ4v) is 2.61. The van der Waals surface area contributed by atoms with Gasteiger partial charge in [0.25, 0.3) is 0 Å². The molecule has 0 bridgehead atoms. The monoisotopic (exact) mass is 378 g/mol. The average molecular weight is 379 g/mol. The van der Waals surface area contributed by atoms with Gasteiger partial charge in [-0.3, -0.25) is 4.79 Å². The fraction of sp³-hybridized carbons (Fsp3) is 0.278. The lowest BCUT2D eigenvalue weighted by Gasteiger charge is -2.14. The molecule has 0 saturated heterocycles. The first-order chi connectivity index (χ1) is 11.1. The van der Waals surface area contributed by atoms with Crippen LogP contribution >= 0.6 is 15.9 Å². The Balaban J connectivity index is 2.04. The Morgan fingerprint density at radius 1 is 1.22 bits per heavy atom.